The molecule has 112 valence electrons. The van der Waals surface area contributed by atoms with Gasteiger partial charge in [-0.25, -0.2) is 0 Å². The summed E-state index contributed by atoms with van der Waals surface area (Å²) >= 11 is 3.03. The van der Waals surface area contributed by atoms with Crippen LogP contribution in [0, 0.1) is 0 Å². The van der Waals surface area contributed by atoms with E-state index in [4.69, 9.17) is 0 Å². The third-order valence-corrected chi connectivity index (χ3v) is 3.49. The summed E-state index contributed by atoms with van der Waals surface area (Å²) in [4.78, 5) is 2.46. The maximum absolute atomic E-state index is 4.19. The van der Waals surface area contributed by atoms with E-state index < -0.39 is 0 Å². The highest BCUT2D eigenvalue weighted by Crippen LogP contribution is 2.13. The smallest absolute Gasteiger partial charge is 0.0122 e. The molecule has 0 atom stereocenters. The minimum absolute atomic E-state index is 0.334. The highest BCUT2D eigenvalue weighted by Gasteiger charge is 2.15. The molecule has 3 heteroatoms. The number of nitrogens with two attached hydrogens (primary N) is 1. The van der Waals surface area contributed by atoms with Gasteiger partial charge < -0.3 is 4.90 Å². The maximum Gasteiger partial charge on any atom is 0.0122 e. The Morgan fingerprint density at radius 2 is 1.22 bits per heavy atom. The van der Waals surface area contributed by atoms with Crippen LogP contribution in [0.3, 0.4) is 0 Å². The zero-order valence-corrected chi connectivity index (χ0v) is 14.2. The van der Waals surface area contributed by atoms with E-state index in [2.05, 4.69) is 57.6 Å². The monoisotopic (exact) mass is 276 g/mol. The third-order valence-electron chi connectivity index (χ3n) is 3.49. The zero-order valence-electron chi connectivity index (χ0n) is 13.3. The van der Waals surface area contributed by atoms with Gasteiger partial charge in [0, 0.05) is 5.54 Å². The highest BCUT2D eigenvalue weighted by molar-refractivity contribution is 7.77. The van der Waals surface area contributed by atoms with Crippen molar-refractivity contribution in [1.82, 2.24) is 4.90 Å². The second kappa shape index (κ2) is 13.7. The summed E-state index contributed by atoms with van der Waals surface area (Å²) in [6.45, 7) is 10.4. The number of nitrogens with zero attached hydrogens (tertiary/aromatic N) is 1. The van der Waals surface area contributed by atoms with Crippen LogP contribution in [0.2, 0.25) is 0 Å². The van der Waals surface area contributed by atoms with E-state index in [1.807, 2.05) is 0 Å². The standard InChI is InChI=1S/C15H33N.H3NS/c1-6-7-8-9-10-11-12-13-14-16(5)15(2,3)4;1-2/h6-14H2,1-5H3;2H,1H2. The molecule has 0 aliphatic heterocycles. The minimum atomic E-state index is 0.334. The Kier molecular flexibility index (Phi) is 15.7. The van der Waals surface area contributed by atoms with Crippen molar-refractivity contribution in [2.24, 2.45) is 5.14 Å². The second-order valence-electron chi connectivity index (χ2n) is 6.07. The Morgan fingerprint density at radius 3 is 1.61 bits per heavy atom. The zero-order chi connectivity index (χ0) is 14.4. The van der Waals surface area contributed by atoms with Gasteiger partial charge >= 0.3 is 0 Å². The van der Waals surface area contributed by atoms with Gasteiger partial charge in [0.25, 0.3) is 0 Å². The van der Waals surface area contributed by atoms with Crippen molar-refractivity contribution < 1.29 is 0 Å². The molecule has 2 nitrogen and oxygen atoms in total. The molecule has 0 heterocycles. The first-order valence-corrected chi connectivity index (χ1v) is 7.97. The number of hydrogen-bond acceptors (Lipinski definition) is 3. The van der Waals surface area contributed by atoms with E-state index in [1.165, 1.54) is 57.9 Å². The average molecular weight is 277 g/mol. The fourth-order valence-electron chi connectivity index (χ4n) is 1.82. The molecular weight excluding hydrogens is 240 g/mol. The lowest BCUT2D eigenvalue weighted by atomic mass is 10.1. The fourth-order valence-corrected chi connectivity index (χ4v) is 1.82. The summed E-state index contributed by atoms with van der Waals surface area (Å²) in [5.41, 5.74) is 0.334. The quantitative estimate of drug-likeness (QED) is 0.474. The number of hydrogen-bond donors (Lipinski definition) is 2. The summed E-state index contributed by atoms with van der Waals surface area (Å²) in [6.07, 6.45) is 11.3. The molecule has 0 radical (unpaired) electrons. The van der Waals surface area contributed by atoms with Crippen molar-refractivity contribution in [3.05, 3.63) is 0 Å². The van der Waals surface area contributed by atoms with Crippen molar-refractivity contribution in [2.75, 3.05) is 13.6 Å². The summed E-state index contributed by atoms with van der Waals surface area (Å²) in [5, 5.41) is 4.19. The molecule has 0 aliphatic rings. The average Bonchev–Trinajstić information content (AvgIpc) is 2.33. The van der Waals surface area contributed by atoms with E-state index >= 15 is 0 Å². The molecule has 0 aromatic rings. The van der Waals surface area contributed by atoms with Crippen molar-refractivity contribution in [2.45, 2.75) is 84.6 Å². The molecule has 0 aliphatic carbocycles. The number of thiol groups is 1. The molecule has 0 aromatic heterocycles. The predicted molar refractivity (Wildman–Crippen MR) is 88.2 cm³/mol. The van der Waals surface area contributed by atoms with Crippen LogP contribution in [0.15, 0.2) is 0 Å². The van der Waals surface area contributed by atoms with Crippen LogP contribution in [0.4, 0.5) is 0 Å². The first-order chi connectivity index (χ1) is 8.48. The number of unbranched alkanes of at least 4 members (excludes halogenated alkanes) is 7. The van der Waals surface area contributed by atoms with Gasteiger partial charge in [0.15, 0.2) is 0 Å². The minimum Gasteiger partial charge on any atom is -0.302 e. The van der Waals surface area contributed by atoms with E-state index in [0.717, 1.165) is 0 Å². The lowest BCUT2D eigenvalue weighted by Gasteiger charge is -2.31. The molecule has 0 amide bonds. The van der Waals surface area contributed by atoms with Crippen LogP contribution in [-0.2, 0) is 0 Å². The topological polar surface area (TPSA) is 29.3 Å². The van der Waals surface area contributed by atoms with Crippen LogP contribution in [0.1, 0.15) is 79.1 Å². The van der Waals surface area contributed by atoms with Gasteiger partial charge in [-0.1, -0.05) is 51.9 Å². The Hall–Kier alpha value is 0.270. The first kappa shape index (κ1) is 20.6. The molecule has 0 unspecified atom stereocenters. The SMILES string of the molecule is CCCCCCCCCCN(C)C(C)(C)C.NS. The van der Waals surface area contributed by atoms with Gasteiger partial charge in [-0.05, 0) is 40.8 Å². The third kappa shape index (κ3) is 14.3. The van der Waals surface area contributed by atoms with Gasteiger partial charge in [0.1, 0.15) is 0 Å². The summed E-state index contributed by atoms with van der Waals surface area (Å²) in [5.74, 6) is 0. The summed E-state index contributed by atoms with van der Waals surface area (Å²) in [7, 11) is 2.24. The molecular formula is C15H36N2S. The van der Waals surface area contributed by atoms with Crippen molar-refractivity contribution in [3.8, 4) is 0 Å². The van der Waals surface area contributed by atoms with Crippen LogP contribution in [-0.4, -0.2) is 24.0 Å². The van der Waals surface area contributed by atoms with Crippen LogP contribution < -0.4 is 5.14 Å². The van der Waals surface area contributed by atoms with Crippen molar-refractivity contribution in [1.29, 1.82) is 0 Å². The van der Waals surface area contributed by atoms with Crippen molar-refractivity contribution >= 4 is 12.8 Å². The Balaban J connectivity index is 0. The first-order valence-electron chi connectivity index (χ1n) is 7.45. The lowest BCUT2D eigenvalue weighted by Crippen LogP contribution is -2.38. The van der Waals surface area contributed by atoms with Crippen LogP contribution >= 0.6 is 12.8 Å². The van der Waals surface area contributed by atoms with E-state index in [-0.39, 0.29) is 0 Å². The largest absolute Gasteiger partial charge is 0.302 e. The normalized spacial score (nSPS) is 11.3. The Bertz CT molecular complexity index is 155. The Labute approximate surface area is 121 Å². The second-order valence-corrected chi connectivity index (χ2v) is 6.07. The van der Waals surface area contributed by atoms with Gasteiger partial charge in [-0.2, -0.15) is 0 Å². The number of rotatable bonds is 9. The fraction of sp³-hybridized carbons (Fsp3) is 1.00. The summed E-state index contributed by atoms with van der Waals surface area (Å²) in [6, 6.07) is 0. The summed E-state index contributed by atoms with van der Waals surface area (Å²) < 4.78 is 0. The molecule has 0 saturated heterocycles. The predicted octanol–water partition coefficient (Wildman–Crippen LogP) is 4.65. The molecule has 0 fully saturated rings. The van der Waals surface area contributed by atoms with Gasteiger partial charge in [-0.3, -0.25) is 5.14 Å². The maximum atomic E-state index is 4.19. The molecule has 0 bridgehead atoms. The van der Waals surface area contributed by atoms with Gasteiger partial charge in [0.05, 0.1) is 0 Å². The highest BCUT2D eigenvalue weighted by atomic mass is 32.1. The van der Waals surface area contributed by atoms with Crippen LogP contribution in [0.5, 0.6) is 0 Å². The van der Waals surface area contributed by atoms with E-state index in [9.17, 15) is 0 Å². The Morgan fingerprint density at radius 1 is 0.833 bits per heavy atom. The molecule has 0 spiro atoms. The molecule has 18 heavy (non-hydrogen) atoms. The molecule has 0 aromatic carbocycles. The van der Waals surface area contributed by atoms with Crippen molar-refractivity contribution in [3.63, 3.8) is 0 Å². The van der Waals surface area contributed by atoms with Gasteiger partial charge in [0.2, 0.25) is 0 Å². The van der Waals surface area contributed by atoms with Crippen LogP contribution in [0.25, 0.3) is 0 Å². The molecule has 2 N–H and O–H groups in total. The molecule has 0 rings (SSSR count). The lowest BCUT2D eigenvalue weighted by molar-refractivity contribution is 0.172. The van der Waals surface area contributed by atoms with E-state index in [0.29, 0.717) is 5.54 Å². The van der Waals surface area contributed by atoms with Gasteiger partial charge in [-0.15, -0.1) is 12.8 Å². The molecule has 0 saturated carbocycles. The van der Waals surface area contributed by atoms with E-state index in [1.54, 1.807) is 0 Å².